The van der Waals surface area contributed by atoms with Crippen molar-refractivity contribution in [2.75, 3.05) is 0 Å². The fourth-order valence-electron chi connectivity index (χ4n) is 1.11. The van der Waals surface area contributed by atoms with Crippen LogP contribution in [0.2, 0.25) is 0 Å². The molecule has 1 aromatic carbocycles. The van der Waals surface area contributed by atoms with Gasteiger partial charge in [0.25, 0.3) is 5.90 Å². The van der Waals surface area contributed by atoms with Gasteiger partial charge in [-0.15, -0.1) is 0 Å². The van der Waals surface area contributed by atoms with Gasteiger partial charge in [0.2, 0.25) is 0 Å². The highest BCUT2D eigenvalue weighted by Crippen LogP contribution is 2.11. The molecule has 0 bridgehead atoms. The Bertz CT molecular complexity index is 370. The molecule has 0 radical (unpaired) electrons. The number of hydrogen-bond donors (Lipinski definition) is 1. The Morgan fingerprint density at radius 2 is 2.07 bits per heavy atom. The van der Waals surface area contributed by atoms with E-state index in [9.17, 15) is 0 Å². The lowest BCUT2D eigenvalue weighted by molar-refractivity contribution is -0.590. The third-order valence-electron chi connectivity index (χ3n) is 1.83. The first-order valence-corrected chi connectivity index (χ1v) is 5.09. The van der Waals surface area contributed by atoms with E-state index in [1.165, 1.54) is 0 Å². The maximum atomic E-state index is 5.45. The minimum Gasteiger partial charge on any atom is -0.469 e. The molecular formula is C10H10BrN2O+. The lowest BCUT2D eigenvalue weighted by Crippen LogP contribution is -2.69. The Kier molecular flexibility index (Phi) is 2.96. The van der Waals surface area contributed by atoms with Gasteiger partial charge >= 0.3 is 0 Å². The van der Waals surface area contributed by atoms with Crippen molar-refractivity contribution in [1.82, 2.24) is 0 Å². The highest BCUT2D eigenvalue weighted by Gasteiger charge is 2.03. The molecule has 1 aromatic rings. The van der Waals surface area contributed by atoms with Crippen molar-refractivity contribution in [3.8, 4) is 0 Å². The average Bonchev–Trinajstić information content (AvgIpc) is 2.70. The zero-order valence-corrected chi connectivity index (χ0v) is 9.07. The van der Waals surface area contributed by atoms with Crippen LogP contribution in [0.4, 0.5) is 0 Å². The third-order valence-corrected chi connectivity index (χ3v) is 2.36. The zero-order valence-electron chi connectivity index (χ0n) is 7.48. The summed E-state index contributed by atoms with van der Waals surface area (Å²) in [4.78, 5) is 0. The Balaban J connectivity index is 1.91. The summed E-state index contributed by atoms with van der Waals surface area (Å²) < 4.78 is 6.52. The molecule has 1 heterocycles. The molecule has 2 rings (SSSR count). The predicted octanol–water partition coefficient (Wildman–Crippen LogP) is 1.37. The maximum absolute atomic E-state index is 5.45. The molecule has 3 nitrogen and oxygen atoms in total. The number of nitrogens with two attached hydrogens (primary N) is 1. The molecule has 0 aliphatic carbocycles. The lowest BCUT2D eigenvalue weighted by atomic mass is 10.2. The predicted molar refractivity (Wildman–Crippen MR) is 57.4 cm³/mol. The lowest BCUT2D eigenvalue weighted by Gasteiger charge is -2.02. The first-order valence-electron chi connectivity index (χ1n) is 4.29. The van der Waals surface area contributed by atoms with Crippen LogP contribution in [-0.4, -0.2) is 5.90 Å². The normalized spacial score (nSPS) is 14.2. The van der Waals surface area contributed by atoms with E-state index < -0.39 is 0 Å². The summed E-state index contributed by atoms with van der Waals surface area (Å²) in [6, 6.07) is 8.04. The fraction of sp³-hybridized carbons (Fsp3) is 0.100. The van der Waals surface area contributed by atoms with E-state index >= 15 is 0 Å². The van der Waals surface area contributed by atoms with E-state index in [0.717, 1.165) is 10.0 Å². The molecule has 0 saturated heterocycles. The minimum absolute atomic E-state index is 0.560. The van der Waals surface area contributed by atoms with Crippen LogP contribution < -0.4 is 5.43 Å². The molecule has 2 N–H and O–H groups in total. The van der Waals surface area contributed by atoms with E-state index in [4.69, 9.17) is 4.74 Å². The number of hydrogen-bond acceptors (Lipinski definition) is 2. The molecule has 0 spiro atoms. The van der Waals surface area contributed by atoms with Gasteiger partial charge in [0.15, 0.2) is 0 Å². The average molecular weight is 254 g/mol. The Hall–Kier alpha value is -1.13. The number of rotatable bonds is 2. The van der Waals surface area contributed by atoms with Gasteiger partial charge in [0.1, 0.15) is 12.8 Å². The van der Waals surface area contributed by atoms with E-state index in [1.54, 1.807) is 5.43 Å². The van der Waals surface area contributed by atoms with Crippen LogP contribution in [0.15, 0.2) is 46.1 Å². The molecule has 72 valence electrons. The number of benzene rings is 1. The van der Waals surface area contributed by atoms with Gasteiger partial charge in [0.05, 0.1) is 6.08 Å². The Morgan fingerprint density at radius 1 is 1.29 bits per heavy atom. The SMILES string of the molecule is Brc1ccc(COC2=N[NH2+]C=C2)cc1. The summed E-state index contributed by atoms with van der Waals surface area (Å²) in [5.74, 6) is 0.674. The summed E-state index contributed by atoms with van der Waals surface area (Å²) in [5.41, 5.74) is 2.85. The summed E-state index contributed by atoms with van der Waals surface area (Å²) in [6.45, 7) is 0.560. The summed E-state index contributed by atoms with van der Waals surface area (Å²) in [6.07, 6.45) is 3.70. The van der Waals surface area contributed by atoms with Crippen LogP contribution in [0, 0.1) is 0 Å². The van der Waals surface area contributed by atoms with Gasteiger partial charge in [-0.25, -0.2) is 0 Å². The van der Waals surface area contributed by atoms with Crippen LogP contribution in [-0.2, 0) is 11.3 Å². The third kappa shape index (κ3) is 2.43. The second-order valence-corrected chi connectivity index (χ2v) is 3.81. The Morgan fingerprint density at radius 3 is 2.71 bits per heavy atom. The summed E-state index contributed by atoms with van der Waals surface area (Å²) in [7, 11) is 0. The van der Waals surface area contributed by atoms with E-state index in [0.29, 0.717) is 12.5 Å². The number of halogens is 1. The first kappa shape index (κ1) is 9.43. The topological polar surface area (TPSA) is 38.2 Å². The molecule has 0 unspecified atom stereocenters. The number of nitrogens with zero attached hydrogens (tertiary/aromatic N) is 1. The van der Waals surface area contributed by atoms with Crippen molar-refractivity contribution < 1.29 is 10.2 Å². The van der Waals surface area contributed by atoms with Gasteiger partial charge in [-0.05, 0) is 22.8 Å². The van der Waals surface area contributed by atoms with Crippen molar-refractivity contribution in [2.24, 2.45) is 5.10 Å². The minimum atomic E-state index is 0.560. The first-order chi connectivity index (χ1) is 6.84. The van der Waals surface area contributed by atoms with Crippen molar-refractivity contribution in [3.05, 3.63) is 46.6 Å². The number of ether oxygens (including phenoxy) is 1. The van der Waals surface area contributed by atoms with Crippen LogP contribution >= 0.6 is 15.9 Å². The maximum Gasteiger partial charge on any atom is 0.272 e. The van der Waals surface area contributed by atoms with E-state index in [2.05, 4.69) is 21.0 Å². The summed E-state index contributed by atoms with van der Waals surface area (Å²) in [5, 5.41) is 4.02. The van der Waals surface area contributed by atoms with Gasteiger partial charge in [-0.3, -0.25) is 0 Å². The van der Waals surface area contributed by atoms with Crippen molar-refractivity contribution in [2.45, 2.75) is 6.61 Å². The number of quaternary nitrogens is 1. The molecular weight excluding hydrogens is 244 g/mol. The van der Waals surface area contributed by atoms with Gasteiger partial charge < -0.3 is 4.74 Å². The molecule has 4 heteroatoms. The van der Waals surface area contributed by atoms with Crippen LogP contribution in [0.25, 0.3) is 0 Å². The molecule has 1 aliphatic rings. The van der Waals surface area contributed by atoms with Gasteiger partial charge in [-0.2, -0.15) is 5.43 Å². The van der Waals surface area contributed by atoms with Crippen LogP contribution in [0.3, 0.4) is 0 Å². The van der Waals surface area contributed by atoms with Crippen molar-refractivity contribution >= 4 is 21.8 Å². The van der Waals surface area contributed by atoms with Gasteiger partial charge in [0, 0.05) is 4.47 Å². The molecule has 0 atom stereocenters. The monoisotopic (exact) mass is 253 g/mol. The second-order valence-electron chi connectivity index (χ2n) is 2.89. The second kappa shape index (κ2) is 4.39. The zero-order chi connectivity index (χ0) is 9.80. The van der Waals surface area contributed by atoms with E-state index in [1.807, 2.05) is 36.5 Å². The highest BCUT2D eigenvalue weighted by molar-refractivity contribution is 9.10. The molecule has 0 saturated carbocycles. The Labute approximate surface area is 90.6 Å². The van der Waals surface area contributed by atoms with Crippen LogP contribution in [0.5, 0.6) is 0 Å². The van der Waals surface area contributed by atoms with E-state index in [-0.39, 0.29) is 0 Å². The molecule has 0 amide bonds. The summed E-state index contributed by atoms with van der Waals surface area (Å²) >= 11 is 3.38. The molecule has 1 aliphatic heterocycles. The quantitative estimate of drug-likeness (QED) is 0.795. The largest absolute Gasteiger partial charge is 0.469 e. The van der Waals surface area contributed by atoms with Crippen LogP contribution in [0.1, 0.15) is 5.56 Å². The molecule has 0 fully saturated rings. The van der Waals surface area contributed by atoms with Crippen molar-refractivity contribution in [3.63, 3.8) is 0 Å². The molecule has 0 aromatic heterocycles. The highest BCUT2D eigenvalue weighted by atomic mass is 79.9. The molecule has 14 heavy (non-hydrogen) atoms. The fourth-order valence-corrected chi connectivity index (χ4v) is 1.37. The van der Waals surface area contributed by atoms with Gasteiger partial charge in [-0.1, -0.05) is 28.1 Å². The smallest absolute Gasteiger partial charge is 0.272 e. The van der Waals surface area contributed by atoms with Crippen molar-refractivity contribution in [1.29, 1.82) is 0 Å². The standard InChI is InChI=1S/C10H9BrN2O/c11-9-3-1-8(2-4-9)7-14-10-5-6-12-13-10/h1-6H,7H2,(H,12,13)/p+1.